The summed E-state index contributed by atoms with van der Waals surface area (Å²) >= 11 is 1.31. The molecule has 1 aliphatic heterocycles. The van der Waals surface area contributed by atoms with Crippen LogP contribution >= 0.6 is 11.8 Å². The van der Waals surface area contributed by atoms with Gasteiger partial charge in [0.15, 0.2) is 0 Å². The lowest BCUT2D eigenvalue weighted by atomic mass is 10.3. The second-order valence-corrected chi connectivity index (χ2v) is 6.11. The van der Waals surface area contributed by atoms with E-state index in [0.29, 0.717) is 23.9 Å². The quantitative estimate of drug-likeness (QED) is 0.872. The van der Waals surface area contributed by atoms with Gasteiger partial charge in [0, 0.05) is 6.54 Å². The van der Waals surface area contributed by atoms with E-state index in [2.05, 4.69) is 4.98 Å². The number of halogens is 1. The van der Waals surface area contributed by atoms with E-state index in [1.807, 2.05) is 13.8 Å². The molecule has 1 aromatic carbocycles. The number of benzene rings is 1. The van der Waals surface area contributed by atoms with Crippen LogP contribution in [0.4, 0.5) is 10.1 Å². The third-order valence-electron chi connectivity index (χ3n) is 3.55. The fraction of sp³-hybridized carbons (Fsp3) is 0.333. The number of para-hydroxylation sites is 1. The van der Waals surface area contributed by atoms with Crippen molar-refractivity contribution < 1.29 is 13.6 Å². The number of oxazole rings is 1. The molecule has 4 nitrogen and oxygen atoms in total. The van der Waals surface area contributed by atoms with Gasteiger partial charge in [0.1, 0.15) is 11.6 Å². The Kier molecular flexibility index (Phi) is 3.71. The molecule has 0 N–H and O–H groups in total. The number of amides is 1. The lowest BCUT2D eigenvalue weighted by molar-refractivity contribution is -0.116. The minimum absolute atomic E-state index is 0.0985. The Morgan fingerprint density at radius 3 is 2.81 bits per heavy atom. The van der Waals surface area contributed by atoms with E-state index in [9.17, 15) is 9.18 Å². The van der Waals surface area contributed by atoms with Gasteiger partial charge in [-0.3, -0.25) is 4.79 Å². The van der Waals surface area contributed by atoms with Gasteiger partial charge in [-0.25, -0.2) is 9.37 Å². The van der Waals surface area contributed by atoms with Gasteiger partial charge in [0.2, 0.25) is 5.91 Å². The molecule has 1 aromatic heterocycles. The Morgan fingerprint density at radius 1 is 1.38 bits per heavy atom. The molecule has 3 rings (SSSR count). The minimum Gasteiger partial charge on any atom is -0.437 e. The van der Waals surface area contributed by atoms with Crippen LogP contribution in [-0.4, -0.2) is 22.7 Å². The molecule has 1 aliphatic rings. The topological polar surface area (TPSA) is 46.3 Å². The summed E-state index contributed by atoms with van der Waals surface area (Å²) in [7, 11) is 0. The number of carbonyl (C=O) groups excluding carboxylic acids is 1. The van der Waals surface area contributed by atoms with Crippen molar-refractivity contribution in [2.24, 2.45) is 0 Å². The van der Waals surface area contributed by atoms with Crippen LogP contribution in [0.2, 0.25) is 0 Å². The van der Waals surface area contributed by atoms with Gasteiger partial charge in [-0.05, 0) is 32.4 Å². The molecule has 1 unspecified atom stereocenters. The van der Waals surface area contributed by atoms with Crippen molar-refractivity contribution in [1.29, 1.82) is 0 Å². The van der Waals surface area contributed by atoms with Crippen molar-refractivity contribution in [2.75, 3.05) is 11.4 Å². The molecule has 1 saturated heterocycles. The predicted molar refractivity (Wildman–Crippen MR) is 79.0 cm³/mol. The lowest BCUT2D eigenvalue weighted by Gasteiger charge is -2.16. The van der Waals surface area contributed by atoms with E-state index in [1.54, 1.807) is 18.2 Å². The minimum atomic E-state index is -0.376. The Balaban J connectivity index is 1.76. The summed E-state index contributed by atoms with van der Waals surface area (Å²) in [5.74, 6) is 0.284. The SMILES string of the molecule is Cc1nc(SC2CCN(c3ccccc3F)C2=O)oc1C. The first-order valence-corrected chi connectivity index (χ1v) is 7.61. The van der Waals surface area contributed by atoms with Crippen LogP contribution in [0.1, 0.15) is 17.9 Å². The van der Waals surface area contributed by atoms with Crippen molar-refractivity contribution >= 4 is 23.4 Å². The summed E-state index contributed by atoms with van der Waals surface area (Å²) in [5.41, 5.74) is 1.17. The van der Waals surface area contributed by atoms with Gasteiger partial charge in [0.25, 0.3) is 5.22 Å². The van der Waals surface area contributed by atoms with Crippen LogP contribution in [0, 0.1) is 19.7 Å². The summed E-state index contributed by atoms with van der Waals surface area (Å²) in [6.45, 7) is 4.22. The first-order valence-electron chi connectivity index (χ1n) is 6.73. The maximum Gasteiger partial charge on any atom is 0.256 e. The third kappa shape index (κ3) is 2.68. The highest BCUT2D eigenvalue weighted by Crippen LogP contribution is 2.34. The van der Waals surface area contributed by atoms with E-state index in [0.717, 1.165) is 11.5 Å². The van der Waals surface area contributed by atoms with Crippen molar-refractivity contribution in [1.82, 2.24) is 4.98 Å². The first kappa shape index (κ1) is 14.1. The summed E-state index contributed by atoms with van der Waals surface area (Å²) in [4.78, 5) is 18.2. The number of hydrogen-bond acceptors (Lipinski definition) is 4. The maximum absolute atomic E-state index is 13.8. The van der Waals surface area contributed by atoms with Crippen molar-refractivity contribution in [3.8, 4) is 0 Å². The van der Waals surface area contributed by atoms with Crippen LogP contribution in [0.3, 0.4) is 0 Å². The monoisotopic (exact) mass is 306 g/mol. The predicted octanol–water partition coefficient (Wildman–Crippen LogP) is 3.33. The van der Waals surface area contributed by atoms with Gasteiger partial charge < -0.3 is 9.32 Å². The summed E-state index contributed by atoms with van der Waals surface area (Å²) in [6.07, 6.45) is 0.651. The Morgan fingerprint density at radius 2 is 2.14 bits per heavy atom. The lowest BCUT2D eigenvalue weighted by Crippen LogP contribution is -2.28. The van der Waals surface area contributed by atoms with Gasteiger partial charge >= 0.3 is 0 Å². The second kappa shape index (κ2) is 5.52. The van der Waals surface area contributed by atoms with E-state index < -0.39 is 0 Å². The van der Waals surface area contributed by atoms with Crippen molar-refractivity contribution in [3.05, 3.63) is 41.5 Å². The number of carbonyl (C=O) groups is 1. The smallest absolute Gasteiger partial charge is 0.256 e. The Bertz CT molecular complexity index is 667. The second-order valence-electron chi connectivity index (χ2n) is 4.96. The largest absolute Gasteiger partial charge is 0.437 e. The van der Waals surface area contributed by atoms with Crippen LogP contribution in [0.15, 0.2) is 33.9 Å². The van der Waals surface area contributed by atoms with Crippen molar-refractivity contribution in [3.63, 3.8) is 0 Å². The molecule has 0 radical (unpaired) electrons. The number of aryl methyl sites for hydroxylation is 2. The Labute approximate surface area is 126 Å². The van der Waals surface area contributed by atoms with E-state index in [1.165, 1.54) is 22.7 Å². The first-order chi connectivity index (χ1) is 10.1. The van der Waals surface area contributed by atoms with Crippen molar-refractivity contribution in [2.45, 2.75) is 30.7 Å². The molecule has 0 saturated carbocycles. The number of rotatable bonds is 3. The van der Waals surface area contributed by atoms with Gasteiger partial charge in [-0.15, -0.1) is 0 Å². The van der Waals surface area contributed by atoms with E-state index >= 15 is 0 Å². The molecule has 1 atom stereocenters. The highest BCUT2D eigenvalue weighted by Gasteiger charge is 2.35. The highest BCUT2D eigenvalue weighted by atomic mass is 32.2. The molecule has 1 amide bonds. The molecular weight excluding hydrogens is 291 g/mol. The van der Waals surface area contributed by atoms with Gasteiger partial charge in [-0.1, -0.05) is 23.9 Å². The number of nitrogens with zero attached hydrogens (tertiary/aromatic N) is 2. The zero-order valence-corrected chi connectivity index (χ0v) is 12.6. The molecule has 2 heterocycles. The molecule has 21 heavy (non-hydrogen) atoms. The average Bonchev–Trinajstić information content (AvgIpc) is 2.96. The molecule has 2 aromatic rings. The van der Waals surface area contributed by atoms with Crippen LogP contribution in [0.5, 0.6) is 0 Å². The molecule has 0 bridgehead atoms. The number of aromatic nitrogens is 1. The van der Waals surface area contributed by atoms with Gasteiger partial charge in [0.05, 0.1) is 16.6 Å². The van der Waals surface area contributed by atoms with Crippen LogP contribution < -0.4 is 4.90 Å². The molecular formula is C15H15FN2O2S. The standard InChI is InChI=1S/C15H15FN2O2S/c1-9-10(2)20-15(17-9)21-13-7-8-18(14(13)19)12-6-4-3-5-11(12)16/h3-6,13H,7-8H2,1-2H3. The highest BCUT2D eigenvalue weighted by molar-refractivity contribution is 8.00. The zero-order valence-electron chi connectivity index (χ0n) is 11.8. The molecule has 0 spiro atoms. The Hall–Kier alpha value is -1.82. The van der Waals surface area contributed by atoms with Gasteiger partial charge in [-0.2, -0.15) is 0 Å². The van der Waals surface area contributed by atoms with Crippen LogP contribution in [0.25, 0.3) is 0 Å². The normalized spacial score (nSPS) is 18.5. The fourth-order valence-corrected chi connectivity index (χ4v) is 3.35. The summed E-state index contributed by atoms with van der Waals surface area (Å²) in [5, 5.41) is 0.223. The third-order valence-corrected chi connectivity index (χ3v) is 4.65. The number of thioether (sulfide) groups is 1. The number of anilines is 1. The zero-order chi connectivity index (χ0) is 15.0. The molecule has 6 heteroatoms. The average molecular weight is 306 g/mol. The van der Waals surface area contributed by atoms with E-state index in [-0.39, 0.29) is 17.0 Å². The summed E-state index contributed by atoms with van der Waals surface area (Å²) in [6, 6.07) is 6.33. The molecule has 110 valence electrons. The van der Waals surface area contributed by atoms with Crippen LogP contribution in [-0.2, 0) is 4.79 Å². The van der Waals surface area contributed by atoms with E-state index in [4.69, 9.17) is 4.42 Å². The maximum atomic E-state index is 13.8. The molecule has 0 aliphatic carbocycles. The fourth-order valence-electron chi connectivity index (χ4n) is 2.29. The summed E-state index contributed by atoms with van der Waals surface area (Å²) < 4.78 is 19.3. The molecule has 1 fully saturated rings. The number of hydrogen-bond donors (Lipinski definition) is 0.